The maximum Gasteiger partial charge on any atom is 0.419 e. The lowest BCUT2D eigenvalue weighted by molar-refractivity contribution is -0.138. The molecule has 0 aliphatic rings. The monoisotopic (exact) mass is 301 g/mol. The Morgan fingerprint density at radius 1 is 1.15 bits per heavy atom. The lowest BCUT2D eigenvalue weighted by Crippen LogP contribution is -2.06. The highest BCUT2D eigenvalue weighted by Gasteiger charge is 2.34. The van der Waals surface area contributed by atoms with Gasteiger partial charge in [0.15, 0.2) is 0 Å². The van der Waals surface area contributed by atoms with Crippen LogP contribution in [0, 0.1) is 0 Å². The number of benzene rings is 1. The topological polar surface area (TPSA) is 39.2 Å². The van der Waals surface area contributed by atoms with Crippen molar-refractivity contribution >= 4 is 16.8 Å². The van der Waals surface area contributed by atoms with E-state index in [0.29, 0.717) is 0 Å². The van der Waals surface area contributed by atoms with Gasteiger partial charge in [-0.1, -0.05) is 12.1 Å². The van der Waals surface area contributed by atoms with Crippen molar-refractivity contribution in [3.8, 4) is 11.5 Å². The van der Waals surface area contributed by atoms with Crippen LogP contribution in [0.15, 0.2) is 42.6 Å². The summed E-state index contributed by atoms with van der Waals surface area (Å²) in [5, 5.41) is -0.757. The Labute approximate surface area is 117 Å². The molecule has 0 atom stereocenters. The van der Waals surface area contributed by atoms with Crippen molar-refractivity contribution in [2.75, 3.05) is 0 Å². The number of pyridine rings is 1. The van der Waals surface area contributed by atoms with Gasteiger partial charge in [0.25, 0.3) is 5.24 Å². The molecule has 0 spiro atoms. The molecule has 2 aromatic rings. The zero-order valence-electron chi connectivity index (χ0n) is 9.82. The molecule has 0 fully saturated rings. The summed E-state index contributed by atoms with van der Waals surface area (Å²) in [7, 11) is 0. The molecular formula is C13H7ClF3NO2. The molecule has 1 aromatic carbocycles. The van der Waals surface area contributed by atoms with Crippen LogP contribution < -0.4 is 4.74 Å². The molecule has 1 aromatic heterocycles. The summed E-state index contributed by atoms with van der Waals surface area (Å²) < 4.78 is 43.4. The van der Waals surface area contributed by atoms with Gasteiger partial charge < -0.3 is 4.74 Å². The minimum atomic E-state index is -4.52. The van der Waals surface area contributed by atoms with Crippen molar-refractivity contribution in [1.82, 2.24) is 4.98 Å². The van der Waals surface area contributed by atoms with Crippen molar-refractivity contribution in [3.05, 3.63) is 53.9 Å². The summed E-state index contributed by atoms with van der Waals surface area (Å²) in [5.41, 5.74) is -0.902. The molecule has 2 rings (SSSR count). The van der Waals surface area contributed by atoms with Gasteiger partial charge in [-0.3, -0.25) is 4.79 Å². The first-order chi connectivity index (χ1) is 9.38. The third-order valence-corrected chi connectivity index (χ3v) is 2.55. The molecule has 0 saturated carbocycles. The SMILES string of the molecule is O=C(Cl)c1ccc(Oc2ccccc2C(F)(F)F)cn1. The molecule has 0 radical (unpaired) electrons. The Kier molecular flexibility index (Phi) is 3.94. The largest absolute Gasteiger partial charge is 0.455 e. The van der Waals surface area contributed by atoms with E-state index in [1.54, 1.807) is 0 Å². The summed E-state index contributed by atoms with van der Waals surface area (Å²) >= 11 is 5.21. The number of nitrogens with zero attached hydrogens (tertiary/aromatic N) is 1. The predicted octanol–water partition coefficient (Wildman–Crippen LogP) is 4.27. The average molecular weight is 302 g/mol. The van der Waals surface area contributed by atoms with Crippen LogP contribution in [0.5, 0.6) is 11.5 Å². The standard InChI is InChI=1S/C13H7ClF3NO2/c14-12(19)10-6-5-8(7-18-10)20-11-4-2-1-3-9(11)13(15,16)17/h1-7H. The van der Waals surface area contributed by atoms with E-state index in [1.807, 2.05) is 0 Å². The first-order valence-electron chi connectivity index (χ1n) is 5.38. The molecule has 0 aliphatic carbocycles. The van der Waals surface area contributed by atoms with Gasteiger partial charge in [0.2, 0.25) is 0 Å². The number of aromatic nitrogens is 1. The highest BCUT2D eigenvalue weighted by atomic mass is 35.5. The lowest BCUT2D eigenvalue weighted by atomic mass is 10.2. The summed E-state index contributed by atoms with van der Waals surface area (Å²) in [4.78, 5) is 14.5. The minimum Gasteiger partial charge on any atom is -0.455 e. The number of para-hydroxylation sites is 1. The number of rotatable bonds is 3. The summed E-state index contributed by atoms with van der Waals surface area (Å²) in [6.45, 7) is 0. The number of hydrogen-bond donors (Lipinski definition) is 0. The Morgan fingerprint density at radius 2 is 1.85 bits per heavy atom. The van der Waals surface area contributed by atoms with E-state index < -0.39 is 17.0 Å². The Morgan fingerprint density at radius 3 is 2.40 bits per heavy atom. The Bertz CT molecular complexity index is 626. The Hall–Kier alpha value is -2.08. The number of hydrogen-bond acceptors (Lipinski definition) is 3. The van der Waals surface area contributed by atoms with Gasteiger partial charge in [-0.25, -0.2) is 4.98 Å². The maximum atomic E-state index is 12.8. The number of ether oxygens (including phenoxy) is 1. The van der Waals surface area contributed by atoms with E-state index in [2.05, 4.69) is 4.98 Å². The van der Waals surface area contributed by atoms with E-state index in [9.17, 15) is 18.0 Å². The van der Waals surface area contributed by atoms with E-state index in [0.717, 1.165) is 12.3 Å². The molecule has 7 heteroatoms. The quantitative estimate of drug-likeness (QED) is 0.795. The highest BCUT2D eigenvalue weighted by Crippen LogP contribution is 2.37. The fraction of sp³-hybridized carbons (Fsp3) is 0.0769. The zero-order chi connectivity index (χ0) is 14.8. The molecule has 104 valence electrons. The van der Waals surface area contributed by atoms with Crippen molar-refractivity contribution in [3.63, 3.8) is 0 Å². The van der Waals surface area contributed by atoms with Crippen LogP contribution in [0.3, 0.4) is 0 Å². The van der Waals surface area contributed by atoms with Crippen molar-refractivity contribution in [2.45, 2.75) is 6.18 Å². The summed E-state index contributed by atoms with van der Waals surface area (Å²) in [5.74, 6) is -0.268. The first-order valence-corrected chi connectivity index (χ1v) is 5.75. The second-order valence-corrected chi connectivity index (χ2v) is 4.09. The van der Waals surface area contributed by atoms with E-state index in [1.165, 1.54) is 30.3 Å². The van der Waals surface area contributed by atoms with Gasteiger partial charge in [0.1, 0.15) is 17.2 Å². The summed E-state index contributed by atoms with van der Waals surface area (Å²) in [6, 6.07) is 7.39. The average Bonchev–Trinajstić information content (AvgIpc) is 2.38. The highest BCUT2D eigenvalue weighted by molar-refractivity contribution is 6.67. The van der Waals surface area contributed by atoms with E-state index in [-0.39, 0.29) is 17.2 Å². The van der Waals surface area contributed by atoms with Gasteiger partial charge in [-0.05, 0) is 35.9 Å². The van der Waals surface area contributed by atoms with Crippen molar-refractivity contribution in [2.24, 2.45) is 0 Å². The van der Waals surface area contributed by atoms with Crippen molar-refractivity contribution < 1.29 is 22.7 Å². The number of alkyl halides is 3. The van der Waals surface area contributed by atoms with Crippen LogP contribution in [0.4, 0.5) is 13.2 Å². The third-order valence-electron chi connectivity index (χ3n) is 2.36. The molecule has 0 N–H and O–H groups in total. The first kappa shape index (κ1) is 14.3. The van der Waals surface area contributed by atoms with Gasteiger partial charge in [-0.15, -0.1) is 0 Å². The van der Waals surface area contributed by atoms with Crippen LogP contribution in [-0.4, -0.2) is 10.2 Å². The Balaban J connectivity index is 2.28. The number of carbonyl (C=O) groups excluding carboxylic acids is 1. The van der Waals surface area contributed by atoms with Gasteiger partial charge in [0, 0.05) is 0 Å². The van der Waals surface area contributed by atoms with Crippen LogP contribution in [0.25, 0.3) is 0 Å². The predicted molar refractivity (Wildman–Crippen MR) is 65.9 cm³/mol. The normalized spacial score (nSPS) is 11.2. The fourth-order valence-corrected chi connectivity index (χ4v) is 1.59. The van der Waals surface area contributed by atoms with Crippen LogP contribution in [0.1, 0.15) is 16.1 Å². The smallest absolute Gasteiger partial charge is 0.419 e. The van der Waals surface area contributed by atoms with Gasteiger partial charge in [0.05, 0.1) is 11.8 Å². The number of halogens is 4. The maximum absolute atomic E-state index is 12.8. The molecule has 0 aliphatic heterocycles. The molecule has 20 heavy (non-hydrogen) atoms. The molecular weight excluding hydrogens is 295 g/mol. The second-order valence-electron chi connectivity index (χ2n) is 3.75. The van der Waals surface area contributed by atoms with Crippen LogP contribution >= 0.6 is 11.6 Å². The molecule has 0 saturated heterocycles. The van der Waals surface area contributed by atoms with Gasteiger partial charge >= 0.3 is 6.18 Å². The fourth-order valence-electron chi connectivity index (χ4n) is 1.47. The van der Waals surface area contributed by atoms with Gasteiger partial charge in [-0.2, -0.15) is 13.2 Å². The van der Waals surface area contributed by atoms with Crippen LogP contribution in [-0.2, 0) is 6.18 Å². The van der Waals surface area contributed by atoms with E-state index >= 15 is 0 Å². The lowest BCUT2D eigenvalue weighted by Gasteiger charge is -2.13. The molecule has 1 heterocycles. The molecule has 0 unspecified atom stereocenters. The minimum absolute atomic E-state index is 0.0110. The molecule has 0 amide bonds. The zero-order valence-corrected chi connectivity index (χ0v) is 10.6. The second kappa shape index (κ2) is 5.50. The van der Waals surface area contributed by atoms with E-state index in [4.69, 9.17) is 16.3 Å². The third kappa shape index (κ3) is 3.27. The summed E-state index contributed by atoms with van der Waals surface area (Å²) in [6.07, 6.45) is -3.39. The number of carbonyl (C=O) groups is 1. The van der Waals surface area contributed by atoms with Crippen molar-refractivity contribution in [1.29, 1.82) is 0 Å². The van der Waals surface area contributed by atoms with Crippen LogP contribution in [0.2, 0.25) is 0 Å². The molecule has 3 nitrogen and oxygen atoms in total. The molecule has 0 bridgehead atoms.